The van der Waals surface area contributed by atoms with E-state index in [0.29, 0.717) is 75.1 Å². The third-order valence-corrected chi connectivity index (χ3v) is 9.64. The molecule has 5 rings (SSSR count). The van der Waals surface area contributed by atoms with Crippen molar-refractivity contribution < 1.29 is 38.7 Å². The fraction of sp³-hybridized carbons (Fsp3) is 0.381. The fourth-order valence-electron chi connectivity index (χ4n) is 6.61. The smallest absolute Gasteiger partial charge is 0.335 e. The number of benzene rings is 4. The van der Waals surface area contributed by atoms with Gasteiger partial charge in [0.1, 0.15) is 23.0 Å². The molecular formula is C42H46Br2O8. The Hall–Kier alpha value is -4.02. The van der Waals surface area contributed by atoms with Crippen molar-refractivity contribution in [1.82, 2.24) is 0 Å². The largest absolute Gasteiger partial charge is 0.493 e. The van der Waals surface area contributed by atoms with Crippen molar-refractivity contribution >= 4 is 43.8 Å². The number of hydrogen-bond donors (Lipinski definition) is 2. The predicted octanol–water partition coefficient (Wildman–Crippen LogP) is 10.4. The molecule has 0 heterocycles. The Morgan fingerprint density at radius 3 is 0.865 bits per heavy atom. The summed E-state index contributed by atoms with van der Waals surface area (Å²) in [6.45, 7) is 10.0. The minimum absolute atomic E-state index is 0.168. The van der Waals surface area contributed by atoms with Crippen LogP contribution in [0.2, 0.25) is 0 Å². The molecule has 8 bridgehead atoms. The van der Waals surface area contributed by atoms with Crippen molar-refractivity contribution in [1.29, 1.82) is 0 Å². The highest BCUT2D eigenvalue weighted by Gasteiger charge is 2.25. The topological polar surface area (TPSA) is 112 Å². The van der Waals surface area contributed by atoms with E-state index in [9.17, 15) is 19.8 Å². The molecule has 0 spiro atoms. The molecule has 0 atom stereocenters. The maximum atomic E-state index is 12.6. The van der Waals surface area contributed by atoms with Crippen LogP contribution in [-0.4, -0.2) is 48.6 Å². The van der Waals surface area contributed by atoms with Gasteiger partial charge in [0.05, 0.1) is 37.6 Å². The molecule has 0 fully saturated rings. The van der Waals surface area contributed by atoms with E-state index in [1.807, 2.05) is 52.0 Å². The standard InChI is InChI=1S/C42H46Br2O8/c1-5-9-49-37-25-13-29-21-35(43)23-31(39(29)51-11-7-3)15-27-19-34(42(47)48)20-28(38(27)50-10-6-2)16-32-24-36(44)22-30(40(32)52-12-8-4)14-26(37)18-33(17-25)41(45)46/h17-24H,5-16H2,1-4H3,(H,45,46)(H,47,48). The molecule has 0 amide bonds. The summed E-state index contributed by atoms with van der Waals surface area (Å²) < 4.78 is 27.6. The summed E-state index contributed by atoms with van der Waals surface area (Å²) in [5.74, 6) is 0.595. The van der Waals surface area contributed by atoms with Crippen molar-refractivity contribution in [2.45, 2.75) is 79.1 Å². The fourth-order valence-corrected chi connectivity index (χ4v) is 7.71. The molecule has 52 heavy (non-hydrogen) atoms. The van der Waals surface area contributed by atoms with E-state index in [4.69, 9.17) is 18.9 Å². The van der Waals surface area contributed by atoms with Crippen LogP contribution in [0.1, 0.15) is 119 Å². The molecular weight excluding hydrogens is 792 g/mol. The zero-order chi connectivity index (χ0) is 37.4. The van der Waals surface area contributed by atoms with Crippen LogP contribution in [0.5, 0.6) is 23.0 Å². The van der Waals surface area contributed by atoms with Crippen molar-refractivity contribution in [3.8, 4) is 23.0 Å². The Morgan fingerprint density at radius 1 is 0.462 bits per heavy atom. The molecule has 10 heteroatoms. The number of carboxylic acid groups (broad SMARTS) is 2. The molecule has 1 aliphatic carbocycles. The van der Waals surface area contributed by atoms with E-state index in [1.165, 1.54) is 0 Å². The van der Waals surface area contributed by atoms with E-state index in [1.54, 1.807) is 24.3 Å². The SMILES string of the molecule is CCCOc1c2cc(Br)cc1Cc1cc(C(=O)O)cc(c1OCCC)Cc1cc(Br)cc(c1OCCC)Cc1cc(C(=O)O)cc(c1OCCC)C2. The Labute approximate surface area is 322 Å². The highest BCUT2D eigenvalue weighted by molar-refractivity contribution is 9.10. The third kappa shape index (κ3) is 9.31. The second kappa shape index (κ2) is 18.1. The van der Waals surface area contributed by atoms with Gasteiger partial charge in [-0.05, 0) is 96.5 Å². The summed E-state index contributed by atoms with van der Waals surface area (Å²) in [6.07, 6.45) is 4.44. The Morgan fingerprint density at radius 2 is 0.673 bits per heavy atom. The Bertz CT molecular complexity index is 1700. The van der Waals surface area contributed by atoms with E-state index >= 15 is 0 Å². The van der Waals surface area contributed by atoms with Gasteiger partial charge in [-0.3, -0.25) is 0 Å². The maximum Gasteiger partial charge on any atom is 0.335 e. The Kier molecular flexibility index (Phi) is 13.7. The van der Waals surface area contributed by atoms with Crippen LogP contribution in [0.25, 0.3) is 0 Å². The van der Waals surface area contributed by atoms with Gasteiger partial charge in [0.2, 0.25) is 0 Å². The molecule has 0 unspecified atom stereocenters. The summed E-state index contributed by atoms with van der Waals surface area (Å²) in [7, 11) is 0. The number of carboxylic acids is 2. The molecule has 276 valence electrons. The van der Waals surface area contributed by atoms with E-state index in [-0.39, 0.29) is 11.1 Å². The van der Waals surface area contributed by atoms with Gasteiger partial charge in [-0.1, -0.05) is 59.6 Å². The average molecular weight is 839 g/mol. The van der Waals surface area contributed by atoms with Gasteiger partial charge < -0.3 is 29.2 Å². The number of carbonyl (C=O) groups is 2. The lowest BCUT2D eigenvalue weighted by Gasteiger charge is -2.24. The van der Waals surface area contributed by atoms with Crippen molar-refractivity contribution in [3.05, 3.63) is 113 Å². The van der Waals surface area contributed by atoms with Crippen molar-refractivity contribution in [2.75, 3.05) is 26.4 Å². The number of fused-ring (bicyclic) bond motifs is 8. The second-order valence-electron chi connectivity index (χ2n) is 13.1. The van der Waals surface area contributed by atoms with Gasteiger partial charge in [0, 0.05) is 56.9 Å². The molecule has 0 aromatic heterocycles. The first-order chi connectivity index (χ1) is 25.1. The first-order valence-corrected chi connectivity index (χ1v) is 19.6. The predicted molar refractivity (Wildman–Crippen MR) is 209 cm³/mol. The van der Waals surface area contributed by atoms with Crippen LogP contribution in [0, 0.1) is 0 Å². The molecule has 4 aromatic carbocycles. The molecule has 0 aliphatic heterocycles. The number of hydrogen-bond acceptors (Lipinski definition) is 6. The summed E-state index contributed by atoms with van der Waals surface area (Å²) in [6, 6.07) is 14.8. The average Bonchev–Trinajstić information content (AvgIpc) is 3.09. The molecule has 1 aliphatic rings. The maximum absolute atomic E-state index is 12.6. The van der Waals surface area contributed by atoms with Gasteiger partial charge >= 0.3 is 11.9 Å². The highest BCUT2D eigenvalue weighted by Crippen LogP contribution is 2.42. The van der Waals surface area contributed by atoms with Crippen LogP contribution in [-0.2, 0) is 25.7 Å². The zero-order valence-electron chi connectivity index (χ0n) is 30.2. The van der Waals surface area contributed by atoms with E-state index < -0.39 is 11.9 Å². The van der Waals surface area contributed by atoms with Crippen LogP contribution >= 0.6 is 31.9 Å². The first-order valence-electron chi connectivity index (χ1n) is 18.0. The summed E-state index contributed by atoms with van der Waals surface area (Å²) in [5.41, 5.74) is 6.66. The van der Waals surface area contributed by atoms with Gasteiger partial charge in [0.15, 0.2) is 0 Å². The lowest BCUT2D eigenvalue weighted by Crippen LogP contribution is -2.12. The number of aromatic carboxylic acids is 2. The normalized spacial score (nSPS) is 12.3. The minimum Gasteiger partial charge on any atom is -0.493 e. The van der Waals surface area contributed by atoms with Crippen molar-refractivity contribution in [3.63, 3.8) is 0 Å². The van der Waals surface area contributed by atoms with E-state index in [0.717, 1.165) is 79.1 Å². The Balaban J connectivity index is 1.90. The minimum atomic E-state index is -1.03. The molecule has 0 radical (unpaired) electrons. The molecule has 0 saturated carbocycles. The summed E-state index contributed by atoms with van der Waals surface area (Å²) in [4.78, 5) is 25.2. The van der Waals surface area contributed by atoms with E-state index in [2.05, 4.69) is 31.9 Å². The highest BCUT2D eigenvalue weighted by atomic mass is 79.9. The van der Waals surface area contributed by atoms with Crippen LogP contribution in [0.4, 0.5) is 0 Å². The molecule has 8 nitrogen and oxygen atoms in total. The molecule has 0 saturated heterocycles. The number of halogens is 2. The third-order valence-electron chi connectivity index (χ3n) is 8.72. The van der Waals surface area contributed by atoms with Crippen LogP contribution < -0.4 is 18.9 Å². The summed E-state index contributed by atoms with van der Waals surface area (Å²) in [5, 5.41) is 20.7. The second-order valence-corrected chi connectivity index (χ2v) is 14.9. The quantitative estimate of drug-likeness (QED) is 0.114. The molecule has 4 aromatic rings. The van der Waals surface area contributed by atoms with Crippen LogP contribution in [0.15, 0.2) is 57.5 Å². The van der Waals surface area contributed by atoms with Gasteiger partial charge in [0.25, 0.3) is 0 Å². The molecule has 2 N–H and O–H groups in total. The van der Waals surface area contributed by atoms with Crippen LogP contribution in [0.3, 0.4) is 0 Å². The monoisotopic (exact) mass is 836 g/mol. The lowest BCUT2D eigenvalue weighted by molar-refractivity contribution is 0.0685. The van der Waals surface area contributed by atoms with Gasteiger partial charge in [-0.25, -0.2) is 9.59 Å². The zero-order valence-corrected chi connectivity index (χ0v) is 33.4. The van der Waals surface area contributed by atoms with Gasteiger partial charge in [-0.15, -0.1) is 0 Å². The van der Waals surface area contributed by atoms with Crippen molar-refractivity contribution in [2.24, 2.45) is 0 Å². The van der Waals surface area contributed by atoms with Gasteiger partial charge in [-0.2, -0.15) is 0 Å². The lowest BCUT2D eigenvalue weighted by atomic mass is 9.89. The first kappa shape index (κ1) is 39.2. The number of ether oxygens (including phenoxy) is 4. The summed E-state index contributed by atoms with van der Waals surface area (Å²) >= 11 is 7.47. The number of rotatable bonds is 14.